The van der Waals surface area contributed by atoms with Gasteiger partial charge in [-0.05, 0) is 13.3 Å². The Morgan fingerprint density at radius 3 is 2.10 bits per heavy atom. The second-order valence-electron chi connectivity index (χ2n) is 4.48. The molecule has 0 aromatic rings. The molecule has 0 aliphatic heterocycles. The molecule has 2 atom stereocenters. The maximum atomic E-state index is 12.0. The van der Waals surface area contributed by atoms with Crippen molar-refractivity contribution in [2.75, 3.05) is 27.5 Å². The van der Waals surface area contributed by atoms with Crippen LogP contribution < -0.4 is 5.32 Å². The van der Waals surface area contributed by atoms with Crippen LogP contribution in [-0.4, -0.2) is 65.5 Å². The molecule has 0 saturated heterocycles. The van der Waals surface area contributed by atoms with Crippen LogP contribution in [0.1, 0.15) is 26.7 Å². The van der Waals surface area contributed by atoms with Crippen LogP contribution in [0.5, 0.6) is 0 Å². The van der Waals surface area contributed by atoms with Crippen molar-refractivity contribution in [3.8, 4) is 0 Å². The lowest BCUT2D eigenvalue weighted by Gasteiger charge is -2.27. The Bertz CT molecular complexity index is 327. The molecule has 0 aliphatic carbocycles. The molecule has 0 rings (SSSR count). The van der Waals surface area contributed by atoms with Crippen LogP contribution in [0.4, 0.5) is 0 Å². The first-order valence-electron chi connectivity index (χ1n) is 6.65. The number of carboxylic acids is 1. The predicted octanol–water partition coefficient (Wildman–Crippen LogP) is 0.178. The average Bonchev–Trinajstić information content (AvgIpc) is 2.47. The van der Waals surface area contributed by atoms with E-state index in [1.165, 1.54) is 21.3 Å². The van der Waals surface area contributed by atoms with Crippen LogP contribution in [0.3, 0.4) is 0 Å². The zero-order valence-electron chi connectivity index (χ0n) is 13.2. The predicted molar refractivity (Wildman–Crippen MR) is 76.7 cm³/mol. The molecule has 124 valence electrons. The molecule has 0 fully saturated rings. The Morgan fingerprint density at radius 1 is 1.19 bits per heavy atom. The maximum absolute atomic E-state index is 12.0. The molecule has 0 amide bonds. The summed E-state index contributed by atoms with van der Waals surface area (Å²) in [6.45, 7) is 3.62. The SMILES string of the molecule is CCC(C)OC(=O)C(CC(=O)O)NC[Si](OC)(OC)OC. The van der Waals surface area contributed by atoms with E-state index in [2.05, 4.69) is 5.32 Å². The summed E-state index contributed by atoms with van der Waals surface area (Å²) in [7, 11) is 1.37. The standard InChI is InChI=1S/C12H25NO7Si/c1-6-9(2)20-12(16)10(7-11(14)15)13-8-21(17-3,18-4)19-5/h9-10,13H,6-8H2,1-5H3,(H,14,15). The summed E-state index contributed by atoms with van der Waals surface area (Å²) < 4.78 is 20.8. The summed E-state index contributed by atoms with van der Waals surface area (Å²) in [5.74, 6) is -1.72. The molecule has 8 nitrogen and oxygen atoms in total. The van der Waals surface area contributed by atoms with Gasteiger partial charge >= 0.3 is 20.7 Å². The van der Waals surface area contributed by atoms with Crippen molar-refractivity contribution >= 4 is 20.7 Å². The zero-order chi connectivity index (χ0) is 16.5. The van der Waals surface area contributed by atoms with Crippen LogP contribution in [0.25, 0.3) is 0 Å². The molecule has 0 aliphatic rings. The van der Waals surface area contributed by atoms with Crippen molar-refractivity contribution in [1.29, 1.82) is 0 Å². The maximum Gasteiger partial charge on any atom is 0.514 e. The number of ether oxygens (including phenoxy) is 1. The van der Waals surface area contributed by atoms with Crippen LogP contribution >= 0.6 is 0 Å². The molecule has 21 heavy (non-hydrogen) atoms. The fourth-order valence-corrected chi connectivity index (χ4v) is 2.92. The van der Waals surface area contributed by atoms with Gasteiger partial charge in [0.15, 0.2) is 0 Å². The second-order valence-corrected chi connectivity index (χ2v) is 7.43. The van der Waals surface area contributed by atoms with Crippen LogP contribution in [-0.2, 0) is 27.6 Å². The topological polar surface area (TPSA) is 103 Å². The Morgan fingerprint density at radius 2 is 1.71 bits per heavy atom. The molecule has 0 aromatic heterocycles. The number of rotatable bonds is 11. The summed E-state index contributed by atoms with van der Waals surface area (Å²) in [6.07, 6.45) is 0.0872. The van der Waals surface area contributed by atoms with Crippen LogP contribution in [0.2, 0.25) is 0 Å². The van der Waals surface area contributed by atoms with E-state index in [-0.39, 0.29) is 12.3 Å². The highest BCUT2D eigenvalue weighted by atomic mass is 28.4. The van der Waals surface area contributed by atoms with Crippen molar-refractivity contribution in [1.82, 2.24) is 5.32 Å². The summed E-state index contributed by atoms with van der Waals surface area (Å²) in [5.41, 5.74) is 0. The third-order valence-corrected chi connectivity index (χ3v) is 5.56. The van der Waals surface area contributed by atoms with Gasteiger partial charge < -0.3 is 23.1 Å². The normalized spacial score (nSPS) is 14.5. The first kappa shape index (κ1) is 20.0. The molecule has 9 heteroatoms. The summed E-state index contributed by atoms with van der Waals surface area (Å²) in [6, 6.07) is -0.983. The van der Waals surface area contributed by atoms with Gasteiger partial charge in [0.05, 0.1) is 18.7 Å². The number of hydrogen-bond donors (Lipinski definition) is 2. The van der Waals surface area contributed by atoms with Gasteiger partial charge in [-0.2, -0.15) is 0 Å². The van der Waals surface area contributed by atoms with E-state index in [0.29, 0.717) is 6.42 Å². The van der Waals surface area contributed by atoms with E-state index in [1.54, 1.807) is 6.92 Å². The van der Waals surface area contributed by atoms with Gasteiger partial charge in [-0.25, -0.2) is 0 Å². The van der Waals surface area contributed by atoms with Crippen molar-refractivity contribution in [2.24, 2.45) is 0 Å². The molecular formula is C12H25NO7Si. The minimum absolute atomic E-state index is 0.101. The van der Waals surface area contributed by atoms with Gasteiger partial charge in [0, 0.05) is 21.3 Å². The molecule has 0 spiro atoms. The zero-order valence-corrected chi connectivity index (χ0v) is 14.2. The smallest absolute Gasteiger partial charge is 0.481 e. The first-order chi connectivity index (χ1) is 9.83. The quantitative estimate of drug-likeness (QED) is 0.410. The number of carbonyl (C=O) groups is 2. The minimum Gasteiger partial charge on any atom is -0.481 e. The van der Waals surface area contributed by atoms with Crippen molar-refractivity contribution in [2.45, 2.75) is 38.8 Å². The molecule has 0 aromatic carbocycles. The van der Waals surface area contributed by atoms with Gasteiger partial charge in [-0.3, -0.25) is 14.9 Å². The van der Waals surface area contributed by atoms with Crippen molar-refractivity contribution < 1.29 is 32.7 Å². The van der Waals surface area contributed by atoms with E-state index < -0.39 is 33.2 Å². The van der Waals surface area contributed by atoms with E-state index in [0.717, 1.165) is 0 Å². The Hall–Kier alpha value is -1.00. The molecule has 0 saturated carbocycles. The lowest BCUT2D eigenvalue weighted by atomic mass is 10.2. The number of carboxylic acid groups (broad SMARTS) is 1. The van der Waals surface area contributed by atoms with Gasteiger partial charge in [-0.15, -0.1) is 0 Å². The van der Waals surface area contributed by atoms with Gasteiger partial charge in [0.25, 0.3) is 0 Å². The third-order valence-electron chi connectivity index (χ3n) is 3.05. The summed E-state index contributed by atoms with van der Waals surface area (Å²) in [5, 5.41) is 11.7. The van der Waals surface area contributed by atoms with Crippen molar-refractivity contribution in [3.63, 3.8) is 0 Å². The number of hydrogen-bond acceptors (Lipinski definition) is 7. The number of aliphatic carboxylic acids is 1. The van der Waals surface area contributed by atoms with Crippen LogP contribution in [0, 0.1) is 0 Å². The summed E-state index contributed by atoms with van der Waals surface area (Å²) in [4.78, 5) is 22.8. The highest BCUT2D eigenvalue weighted by Gasteiger charge is 2.39. The lowest BCUT2D eigenvalue weighted by Crippen LogP contribution is -2.56. The highest BCUT2D eigenvalue weighted by Crippen LogP contribution is 2.07. The molecule has 2 unspecified atom stereocenters. The number of esters is 1. The molecular weight excluding hydrogens is 298 g/mol. The Balaban J connectivity index is 4.76. The molecule has 2 N–H and O–H groups in total. The van der Waals surface area contributed by atoms with Gasteiger partial charge in [0.1, 0.15) is 6.04 Å². The highest BCUT2D eigenvalue weighted by molar-refractivity contribution is 6.60. The fraction of sp³-hybridized carbons (Fsp3) is 0.833. The third kappa shape index (κ3) is 7.00. The average molecular weight is 323 g/mol. The molecule has 0 bridgehead atoms. The van der Waals surface area contributed by atoms with Gasteiger partial charge in [-0.1, -0.05) is 6.92 Å². The van der Waals surface area contributed by atoms with E-state index in [4.69, 9.17) is 23.1 Å². The first-order valence-corrected chi connectivity index (χ1v) is 8.58. The number of nitrogens with one attached hydrogen (secondary N) is 1. The van der Waals surface area contributed by atoms with E-state index in [1.807, 2.05) is 6.92 Å². The van der Waals surface area contributed by atoms with Crippen LogP contribution in [0.15, 0.2) is 0 Å². The summed E-state index contributed by atoms with van der Waals surface area (Å²) >= 11 is 0. The monoisotopic (exact) mass is 323 g/mol. The van der Waals surface area contributed by atoms with Crippen molar-refractivity contribution in [3.05, 3.63) is 0 Å². The van der Waals surface area contributed by atoms with Gasteiger partial charge in [0.2, 0.25) is 0 Å². The molecule has 0 radical (unpaired) electrons. The molecule has 0 heterocycles. The minimum atomic E-state index is -2.94. The Labute approximate surface area is 126 Å². The largest absolute Gasteiger partial charge is 0.514 e. The number of carbonyl (C=O) groups excluding carboxylic acids is 1. The van der Waals surface area contributed by atoms with E-state index in [9.17, 15) is 9.59 Å². The Kier molecular flexibility index (Phi) is 9.38. The second kappa shape index (κ2) is 9.85. The lowest BCUT2D eigenvalue weighted by molar-refractivity contribution is -0.154. The van der Waals surface area contributed by atoms with E-state index >= 15 is 0 Å². The fourth-order valence-electron chi connectivity index (χ4n) is 1.49.